The lowest BCUT2D eigenvalue weighted by Crippen LogP contribution is -2.47. The van der Waals surface area contributed by atoms with Crippen LogP contribution in [0.25, 0.3) is 0 Å². The van der Waals surface area contributed by atoms with Gasteiger partial charge in [0.05, 0.1) is 3.79 Å². The summed E-state index contributed by atoms with van der Waals surface area (Å²) in [5.74, 6) is 0. The van der Waals surface area contributed by atoms with Crippen LogP contribution in [0.4, 0.5) is 4.79 Å². The maximum atomic E-state index is 12.9. The number of thiophene rings is 1. The van der Waals surface area contributed by atoms with Crippen LogP contribution in [0.15, 0.2) is 44.4 Å². The van der Waals surface area contributed by atoms with Crippen LogP contribution in [0.1, 0.15) is 24.0 Å². The van der Waals surface area contributed by atoms with Gasteiger partial charge < -0.3 is 9.80 Å². The summed E-state index contributed by atoms with van der Waals surface area (Å²) in [4.78, 5) is 16.7. The van der Waals surface area contributed by atoms with Crippen molar-refractivity contribution in [3.63, 3.8) is 0 Å². The zero-order valence-electron chi connectivity index (χ0n) is 16.3. The number of sulfonamides is 1. The summed E-state index contributed by atoms with van der Waals surface area (Å²) in [6.45, 7) is 5.00. The lowest BCUT2D eigenvalue weighted by Gasteiger charge is -2.35. The second kappa shape index (κ2) is 8.37. The predicted octanol–water partition coefficient (Wildman–Crippen LogP) is 3.91. The Morgan fingerprint density at radius 2 is 1.86 bits per heavy atom. The van der Waals surface area contributed by atoms with Gasteiger partial charge in [-0.05, 0) is 53.4 Å². The first kappa shape index (κ1) is 20.8. The summed E-state index contributed by atoms with van der Waals surface area (Å²) in [6, 6.07) is 11.8. The molecule has 2 amide bonds. The molecule has 1 aromatic carbocycles. The van der Waals surface area contributed by atoms with E-state index in [1.54, 1.807) is 16.4 Å². The topological polar surface area (TPSA) is 60.9 Å². The molecular formula is C20H24BrN3O3S2. The van der Waals surface area contributed by atoms with Crippen molar-refractivity contribution < 1.29 is 13.2 Å². The Hall–Kier alpha value is -1.42. The molecule has 2 aromatic rings. The molecule has 29 heavy (non-hydrogen) atoms. The van der Waals surface area contributed by atoms with Crippen LogP contribution in [0.5, 0.6) is 0 Å². The molecule has 0 atom stereocenters. The molecule has 0 spiro atoms. The fraction of sp³-hybridized carbons (Fsp3) is 0.450. The van der Waals surface area contributed by atoms with Gasteiger partial charge in [0.15, 0.2) is 0 Å². The summed E-state index contributed by atoms with van der Waals surface area (Å²) in [6.07, 6.45) is 1.35. The Balaban J connectivity index is 1.36. The number of urea groups is 1. The first-order valence-electron chi connectivity index (χ1n) is 9.71. The zero-order valence-corrected chi connectivity index (χ0v) is 19.5. The van der Waals surface area contributed by atoms with E-state index in [4.69, 9.17) is 0 Å². The third-order valence-corrected chi connectivity index (χ3v) is 9.58. The highest BCUT2D eigenvalue weighted by atomic mass is 79.9. The van der Waals surface area contributed by atoms with Gasteiger partial charge in [-0.2, -0.15) is 4.31 Å². The first-order valence-corrected chi connectivity index (χ1v) is 12.8. The van der Waals surface area contributed by atoms with Crippen molar-refractivity contribution in [3.05, 3.63) is 51.3 Å². The molecule has 0 radical (unpaired) electrons. The number of rotatable bonds is 5. The Labute approximate surface area is 184 Å². The van der Waals surface area contributed by atoms with E-state index in [1.807, 2.05) is 15.9 Å². The number of amides is 2. The lowest BCUT2D eigenvalue weighted by atomic mass is 10.1. The first-order chi connectivity index (χ1) is 13.8. The smallest absolute Gasteiger partial charge is 0.320 e. The second-order valence-corrected chi connectivity index (χ2v) is 12.2. The SMILES string of the molecule is Cc1cccc(CN2CCN(C3CCN(S(=O)(=O)c4ccc(Br)s4)CC3)C2=O)c1. The van der Waals surface area contributed by atoms with E-state index in [1.165, 1.54) is 16.9 Å². The Kier molecular flexibility index (Phi) is 6.02. The van der Waals surface area contributed by atoms with Crippen molar-refractivity contribution in [1.82, 2.24) is 14.1 Å². The lowest BCUT2D eigenvalue weighted by molar-refractivity contribution is 0.153. The number of hydrogen-bond donors (Lipinski definition) is 0. The monoisotopic (exact) mass is 497 g/mol. The normalized spacial score (nSPS) is 19.3. The summed E-state index contributed by atoms with van der Waals surface area (Å²) in [5, 5.41) is 0. The molecule has 0 bridgehead atoms. The second-order valence-electron chi connectivity index (χ2n) is 7.58. The minimum absolute atomic E-state index is 0.0648. The van der Waals surface area contributed by atoms with Gasteiger partial charge in [-0.15, -0.1) is 11.3 Å². The minimum Gasteiger partial charge on any atom is -0.320 e. The largest absolute Gasteiger partial charge is 0.320 e. The quantitative estimate of drug-likeness (QED) is 0.628. The molecule has 2 fully saturated rings. The molecule has 156 valence electrons. The summed E-state index contributed by atoms with van der Waals surface area (Å²) in [7, 11) is -3.45. The summed E-state index contributed by atoms with van der Waals surface area (Å²) >= 11 is 4.56. The van der Waals surface area contributed by atoms with E-state index in [-0.39, 0.29) is 12.1 Å². The zero-order chi connectivity index (χ0) is 20.6. The Morgan fingerprint density at radius 3 is 2.52 bits per heavy atom. The molecule has 2 aliphatic heterocycles. The van der Waals surface area contributed by atoms with Crippen LogP contribution in [-0.4, -0.2) is 60.8 Å². The van der Waals surface area contributed by atoms with Crippen LogP contribution in [0, 0.1) is 6.92 Å². The van der Waals surface area contributed by atoms with Gasteiger partial charge in [-0.25, -0.2) is 13.2 Å². The third-order valence-electron chi connectivity index (χ3n) is 5.59. The predicted molar refractivity (Wildman–Crippen MR) is 117 cm³/mol. The van der Waals surface area contributed by atoms with E-state index in [0.29, 0.717) is 49.8 Å². The standard InChI is InChI=1S/C20H24BrN3O3S2/c1-15-3-2-4-16(13-15)14-22-11-12-24(20(22)25)17-7-9-23(10-8-17)29(26,27)19-6-5-18(21)28-19/h2-6,13,17H,7-12,14H2,1H3. The summed E-state index contributed by atoms with van der Waals surface area (Å²) in [5.41, 5.74) is 2.33. The molecule has 6 nitrogen and oxygen atoms in total. The highest BCUT2D eigenvalue weighted by Gasteiger charge is 2.37. The maximum Gasteiger partial charge on any atom is 0.320 e. The van der Waals surface area contributed by atoms with Gasteiger partial charge in [0.2, 0.25) is 0 Å². The minimum atomic E-state index is -3.45. The van der Waals surface area contributed by atoms with E-state index in [2.05, 4.69) is 41.1 Å². The van der Waals surface area contributed by atoms with Gasteiger partial charge in [0.1, 0.15) is 4.21 Å². The average molecular weight is 498 g/mol. The molecule has 3 heterocycles. The van der Waals surface area contributed by atoms with Crippen LogP contribution in [0.2, 0.25) is 0 Å². The molecule has 4 rings (SSSR count). The number of nitrogens with zero attached hydrogens (tertiary/aromatic N) is 3. The molecule has 0 saturated carbocycles. The van der Waals surface area contributed by atoms with Crippen LogP contribution in [-0.2, 0) is 16.6 Å². The fourth-order valence-corrected chi connectivity index (χ4v) is 7.71. The molecule has 2 aliphatic rings. The average Bonchev–Trinajstić information content (AvgIpc) is 3.29. The molecule has 2 saturated heterocycles. The van der Waals surface area contributed by atoms with Gasteiger partial charge in [0, 0.05) is 38.8 Å². The number of hydrogen-bond acceptors (Lipinski definition) is 4. The van der Waals surface area contributed by atoms with Crippen molar-refractivity contribution in [2.75, 3.05) is 26.2 Å². The molecule has 0 aliphatic carbocycles. The van der Waals surface area contributed by atoms with Gasteiger partial charge >= 0.3 is 6.03 Å². The third kappa shape index (κ3) is 4.38. The van der Waals surface area contributed by atoms with E-state index in [0.717, 1.165) is 9.35 Å². The van der Waals surface area contributed by atoms with Crippen molar-refractivity contribution in [2.24, 2.45) is 0 Å². The van der Waals surface area contributed by atoms with Crippen molar-refractivity contribution >= 4 is 43.3 Å². The molecular weight excluding hydrogens is 474 g/mol. The summed E-state index contributed by atoms with van der Waals surface area (Å²) < 4.78 is 28.3. The number of carbonyl (C=O) groups is 1. The molecule has 1 aromatic heterocycles. The highest BCUT2D eigenvalue weighted by molar-refractivity contribution is 9.11. The van der Waals surface area contributed by atoms with Gasteiger partial charge in [-0.1, -0.05) is 29.8 Å². The van der Waals surface area contributed by atoms with E-state index < -0.39 is 10.0 Å². The van der Waals surface area contributed by atoms with Gasteiger partial charge in [-0.3, -0.25) is 0 Å². The Morgan fingerprint density at radius 1 is 1.10 bits per heavy atom. The van der Waals surface area contributed by atoms with Gasteiger partial charge in [0.25, 0.3) is 10.0 Å². The van der Waals surface area contributed by atoms with Crippen molar-refractivity contribution in [2.45, 2.75) is 36.6 Å². The van der Waals surface area contributed by atoms with Crippen LogP contribution in [0.3, 0.4) is 0 Å². The number of benzene rings is 1. The Bertz CT molecular complexity index is 1000. The number of halogens is 1. The number of piperidine rings is 1. The molecule has 9 heteroatoms. The molecule has 0 N–H and O–H groups in total. The highest BCUT2D eigenvalue weighted by Crippen LogP contribution is 2.31. The van der Waals surface area contributed by atoms with Crippen molar-refractivity contribution in [1.29, 1.82) is 0 Å². The van der Waals surface area contributed by atoms with Crippen molar-refractivity contribution in [3.8, 4) is 0 Å². The van der Waals surface area contributed by atoms with Crippen LogP contribution < -0.4 is 0 Å². The maximum absolute atomic E-state index is 12.9. The number of aryl methyl sites for hydroxylation is 1. The van der Waals surface area contributed by atoms with E-state index >= 15 is 0 Å². The van der Waals surface area contributed by atoms with Crippen LogP contribution >= 0.6 is 27.3 Å². The number of carbonyl (C=O) groups excluding carboxylic acids is 1. The molecule has 0 unspecified atom stereocenters. The van der Waals surface area contributed by atoms with E-state index in [9.17, 15) is 13.2 Å². The fourth-order valence-electron chi connectivity index (χ4n) is 4.08.